The van der Waals surface area contributed by atoms with Crippen LogP contribution in [0.25, 0.3) is 0 Å². The minimum Gasteiger partial charge on any atom is -0.491 e. The Labute approximate surface area is 184 Å². The van der Waals surface area contributed by atoms with Crippen LogP contribution >= 0.6 is 24.0 Å². The van der Waals surface area contributed by atoms with Crippen LogP contribution in [0.3, 0.4) is 0 Å². The number of ether oxygens (including phenoxy) is 1. The van der Waals surface area contributed by atoms with Crippen LogP contribution in [0.4, 0.5) is 13.2 Å². The van der Waals surface area contributed by atoms with Crippen molar-refractivity contribution in [1.29, 1.82) is 0 Å². The Morgan fingerprint density at radius 2 is 2.10 bits per heavy atom. The van der Waals surface area contributed by atoms with Crippen LogP contribution in [-0.4, -0.2) is 40.9 Å². The highest BCUT2D eigenvalue weighted by atomic mass is 127. The summed E-state index contributed by atoms with van der Waals surface area (Å²) in [5, 5.41) is 10.7. The van der Waals surface area contributed by atoms with Crippen molar-refractivity contribution in [3.8, 4) is 5.75 Å². The zero-order valence-electron chi connectivity index (χ0n) is 16.2. The molecule has 0 spiro atoms. The molecule has 1 aromatic heterocycles. The molecule has 3 rings (SSSR count). The first-order chi connectivity index (χ1) is 13.4. The minimum absolute atomic E-state index is 0. The van der Waals surface area contributed by atoms with E-state index in [4.69, 9.17) is 4.74 Å². The number of hydrogen-bond acceptors (Lipinski definition) is 4. The Hall–Kier alpha value is -2.05. The predicted octanol–water partition coefficient (Wildman–Crippen LogP) is 3.30. The Morgan fingerprint density at radius 3 is 2.83 bits per heavy atom. The van der Waals surface area contributed by atoms with Gasteiger partial charge in [0.15, 0.2) is 5.96 Å². The van der Waals surface area contributed by atoms with Crippen LogP contribution in [0.15, 0.2) is 29.3 Å². The molecule has 1 atom stereocenters. The van der Waals surface area contributed by atoms with Crippen LogP contribution in [-0.2, 0) is 12.7 Å². The summed E-state index contributed by atoms with van der Waals surface area (Å²) in [6.45, 7) is 3.05. The average molecular weight is 524 g/mol. The number of halogens is 4. The first kappa shape index (κ1) is 23.2. The summed E-state index contributed by atoms with van der Waals surface area (Å²) in [4.78, 5) is 8.63. The highest BCUT2D eigenvalue weighted by molar-refractivity contribution is 14.0. The van der Waals surface area contributed by atoms with Gasteiger partial charge in [0.2, 0.25) is 0 Å². The van der Waals surface area contributed by atoms with E-state index in [0.29, 0.717) is 12.5 Å². The highest BCUT2D eigenvalue weighted by Gasteiger charge is 2.34. The third kappa shape index (κ3) is 5.97. The van der Waals surface area contributed by atoms with Crippen molar-refractivity contribution in [2.24, 2.45) is 4.99 Å². The summed E-state index contributed by atoms with van der Waals surface area (Å²) in [7, 11) is 1.63. The van der Waals surface area contributed by atoms with E-state index in [1.54, 1.807) is 7.05 Å². The molecule has 0 fully saturated rings. The number of para-hydroxylation sites is 1. The number of aryl methyl sites for hydroxylation is 2. The van der Waals surface area contributed by atoms with Crippen molar-refractivity contribution in [3.63, 3.8) is 0 Å². The highest BCUT2D eigenvalue weighted by Crippen LogP contribution is 2.35. The number of aliphatic imine (C=N–C) groups is 1. The molecule has 160 valence electrons. The van der Waals surface area contributed by atoms with Crippen LogP contribution in [0.2, 0.25) is 0 Å². The van der Waals surface area contributed by atoms with E-state index >= 15 is 0 Å². The van der Waals surface area contributed by atoms with Gasteiger partial charge in [0.1, 0.15) is 24.0 Å². The molecule has 2 aromatic rings. The maximum atomic E-state index is 13.0. The topological polar surface area (TPSA) is 76.4 Å². The molecule has 0 radical (unpaired) electrons. The van der Waals surface area contributed by atoms with Crippen molar-refractivity contribution in [2.45, 2.75) is 38.5 Å². The van der Waals surface area contributed by atoms with Crippen LogP contribution in [0, 0.1) is 6.92 Å². The second-order valence-electron chi connectivity index (χ2n) is 6.42. The van der Waals surface area contributed by atoms with Crippen molar-refractivity contribution < 1.29 is 17.9 Å². The SMILES string of the molecule is CN=C(NCCOc1ccccc1C(F)(F)F)NC1CCCn2nc(C)nc21.I. The summed E-state index contributed by atoms with van der Waals surface area (Å²) < 4.78 is 46.2. The van der Waals surface area contributed by atoms with Gasteiger partial charge < -0.3 is 15.4 Å². The number of benzene rings is 1. The summed E-state index contributed by atoms with van der Waals surface area (Å²) in [5.41, 5.74) is -0.783. The largest absolute Gasteiger partial charge is 0.491 e. The van der Waals surface area contributed by atoms with Gasteiger partial charge in [-0.15, -0.1) is 24.0 Å². The maximum absolute atomic E-state index is 13.0. The molecular weight excluding hydrogens is 500 g/mol. The number of nitrogens with one attached hydrogen (secondary N) is 2. The molecule has 7 nitrogen and oxygen atoms in total. The molecule has 1 unspecified atom stereocenters. The standard InChI is InChI=1S/C18H23F3N6O.HI/c1-12-24-16-14(7-5-10-27(16)26-12)25-17(22-2)23-9-11-28-15-8-4-3-6-13(15)18(19,20)21;/h3-4,6,8,14H,5,7,9-11H2,1-2H3,(H2,22,23,25);1H. The molecule has 2 heterocycles. The lowest BCUT2D eigenvalue weighted by Crippen LogP contribution is -2.42. The molecule has 0 saturated heterocycles. The van der Waals surface area contributed by atoms with Gasteiger partial charge in [-0.2, -0.15) is 18.3 Å². The first-order valence-corrected chi connectivity index (χ1v) is 9.06. The van der Waals surface area contributed by atoms with E-state index in [0.717, 1.165) is 37.1 Å². The Morgan fingerprint density at radius 1 is 1.34 bits per heavy atom. The fourth-order valence-corrected chi connectivity index (χ4v) is 3.12. The third-order valence-electron chi connectivity index (χ3n) is 4.36. The monoisotopic (exact) mass is 524 g/mol. The van der Waals surface area contributed by atoms with E-state index in [1.165, 1.54) is 18.2 Å². The van der Waals surface area contributed by atoms with E-state index in [9.17, 15) is 13.2 Å². The van der Waals surface area contributed by atoms with E-state index < -0.39 is 11.7 Å². The normalized spacial score (nSPS) is 16.6. The number of fused-ring (bicyclic) bond motifs is 1. The third-order valence-corrected chi connectivity index (χ3v) is 4.36. The molecule has 0 saturated carbocycles. The molecule has 2 N–H and O–H groups in total. The van der Waals surface area contributed by atoms with Crippen molar-refractivity contribution in [2.75, 3.05) is 20.2 Å². The molecule has 1 aromatic carbocycles. The maximum Gasteiger partial charge on any atom is 0.419 e. The molecular formula is C18H24F3IN6O. The van der Waals surface area contributed by atoms with Crippen LogP contribution < -0.4 is 15.4 Å². The number of nitrogens with zero attached hydrogens (tertiary/aromatic N) is 4. The molecule has 0 amide bonds. The molecule has 1 aliphatic rings. The summed E-state index contributed by atoms with van der Waals surface area (Å²) in [6, 6.07) is 5.15. The zero-order valence-corrected chi connectivity index (χ0v) is 18.5. The van der Waals surface area contributed by atoms with Crippen LogP contribution in [0.5, 0.6) is 5.75 Å². The van der Waals surface area contributed by atoms with E-state index in [-0.39, 0.29) is 42.4 Å². The minimum atomic E-state index is -4.45. The van der Waals surface area contributed by atoms with Gasteiger partial charge in [-0.05, 0) is 31.9 Å². The first-order valence-electron chi connectivity index (χ1n) is 9.06. The average Bonchev–Trinajstić information content (AvgIpc) is 3.05. The summed E-state index contributed by atoms with van der Waals surface area (Å²) >= 11 is 0. The summed E-state index contributed by atoms with van der Waals surface area (Å²) in [6.07, 6.45) is -2.58. The van der Waals surface area contributed by atoms with Gasteiger partial charge in [0.05, 0.1) is 18.2 Å². The quantitative estimate of drug-likeness (QED) is 0.272. The Bertz CT molecular complexity index is 839. The molecule has 29 heavy (non-hydrogen) atoms. The van der Waals surface area contributed by atoms with E-state index in [2.05, 4.69) is 25.7 Å². The van der Waals surface area contributed by atoms with Gasteiger partial charge in [-0.25, -0.2) is 9.67 Å². The van der Waals surface area contributed by atoms with Crippen molar-refractivity contribution >= 4 is 29.9 Å². The second kappa shape index (κ2) is 10.1. The fraction of sp³-hybridized carbons (Fsp3) is 0.500. The van der Waals surface area contributed by atoms with E-state index in [1.807, 2.05) is 11.6 Å². The molecule has 0 aliphatic carbocycles. The lowest BCUT2D eigenvalue weighted by molar-refractivity contribution is -0.138. The van der Waals surface area contributed by atoms with Gasteiger partial charge in [0, 0.05) is 13.6 Å². The number of guanidine groups is 1. The van der Waals surface area contributed by atoms with Gasteiger partial charge in [-0.1, -0.05) is 12.1 Å². The van der Waals surface area contributed by atoms with Gasteiger partial charge in [0.25, 0.3) is 0 Å². The zero-order chi connectivity index (χ0) is 20.1. The van der Waals surface area contributed by atoms with Gasteiger partial charge in [-0.3, -0.25) is 4.99 Å². The summed E-state index contributed by atoms with van der Waals surface area (Å²) in [5.74, 6) is 1.94. The van der Waals surface area contributed by atoms with Crippen molar-refractivity contribution in [1.82, 2.24) is 25.4 Å². The number of hydrogen-bond donors (Lipinski definition) is 2. The second-order valence-corrected chi connectivity index (χ2v) is 6.42. The van der Waals surface area contributed by atoms with Crippen LogP contribution in [0.1, 0.15) is 36.1 Å². The fourth-order valence-electron chi connectivity index (χ4n) is 3.12. The van der Waals surface area contributed by atoms with Gasteiger partial charge >= 0.3 is 6.18 Å². The number of alkyl halides is 3. The molecule has 11 heteroatoms. The Balaban J connectivity index is 0.00000300. The Kier molecular flexibility index (Phi) is 8.11. The predicted molar refractivity (Wildman–Crippen MR) is 114 cm³/mol. The molecule has 0 bridgehead atoms. The number of aromatic nitrogens is 3. The molecule has 1 aliphatic heterocycles. The lowest BCUT2D eigenvalue weighted by Gasteiger charge is -2.25. The van der Waals surface area contributed by atoms with Crippen molar-refractivity contribution in [3.05, 3.63) is 41.5 Å². The lowest BCUT2D eigenvalue weighted by atomic mass is 10.1. The smallest absolute Gasteiger partial charge is 0.419 e. The number of rotatable bonds is 5.